The fourth-order valence-corrected chi connectivity index (χ4v) is 3.15. The largest absolute Gasteiger partial charge is 0.486 e. The monoisotopic (exact) mass is 378 g/mol. The molecule has 2 aliphatic heterocycles. The lowest BCUT2D eigenvalue weighted by atomic mass is 10.0. The quantitative estimate of drug-likeness (QED) is 0.525. The van der Waals surface area contributed by atoms with Crippen LogP contribution in [0.2, 0.25) is 0 Å². The summed E-state index contributed by atoms with van der Waals surface area (Å²) in [5.41, 5.74) is 5.54. The second-order valence-electron chi connectivity index (χ2n) is 6.94. The van der Waals surface area contributed by atoms with Gasteiger partial charge in [0.2, 0.25) is 6.41 Å². The Morgan fingerprint density at radius 3 is 2.15 bits per heavy atom. The maximum atomic E-state index is 8.58. The summed E-state index contributed by atoms with van der Waals surface area (Å²) in [4.78, 5) is 8.58. The Bertz CT molecular complexity index is 483. The minimum absolute atomic E-state index is 0.250. The lowest BCUT2D eigenvalue weighted by molar-refractivity contribution is -0.106. The van der Waals surface area contributed by atoms with Crippen molar-refractivity contribution in [1.29, 1.82) is 0 Å². The maximum absolute atomic E-state index is 8.58. The molecule has 3 N–H and O–H groups in total. The molecule has 5 heteroatoms. The van der Waals surface area contributed by atoms with Crippen LogP contribution in [-0.2, 0) is 11.2 Å². The van der Waals surface area contributed by atoms with Crippen LogP contribution in [0.4, 0.5) is 0 Å². The van der Waals surface area contributed by atoms with E-state index in [1.54, 1.807) is 0 Å². The molecule has 1 aromatic rings. The minimum Gasteiger partial charge on any atom is -0.486 e. The number of primary amides is 1. The number of rotatable bonds is 8. The molecule has 2 heterocycles. The number of carbonyl (C=O) groups excluding carboxylic acids is 1. The number of amides is 1. The van der Waals surface area contributed by atoms with Crippen LogP contribution < -0.4 is 20.5 Å². The highest BCUT2D eigenvalue weighted by atomic mass is 16.6. The van der Waals surface area contributed by atoms with Crippen molar-refractivity contribution in [1.82, 2.24) is 5.32 Å². The SMILES string of the molecule is C1CCNC1.CCCCCCCCCc1ccc2c(c1)OCCO2.NC=O. The van der Waals surface area contributed by atoms with Crippen molar-refractivity contribution in [3.05, 3.63) is 23.8 Å². The fraction of sp³-hybridized carbons (Fsp3) is 0.682. The molecule has 0 bridgehead atoms. The van der Waals surface area contributed by atoms with Gasteiger partial charge in [-0.1, -0.05) is 51.5 Å². The first-order valence-corrected chi connectivity index (χ1v) is 10.6. The molecule has 0 spiro atoms. The molecule has 1 saturated heterocycles. The van der Waals surface area contributed by atoms with Crippen LogP contribution in [0, 0.1) is 0 Å². The summed E-state index contributed by atoms with van der Waals surface area (Å²) in [7, 11) is 0. The van der Waals surface area contributed by atoms with Crippen molar-refractivity contribution in [2.75, 3.05) is 26.3 Å². The first-order chi connectivity index (χ1) is 13.3. The van der Waals surface area contributed by atoms with E-state index in [1.165, 1.54) is 76.4 Å². The Hall–Kier alpha value is -1.75. The van der Waals surface area contributed by atoms with Crippen LogP contribution >= 0.6 is 0 Å². The number of carbonyl (C=O) groups is 1. The molecule has 3 rings (SSSR count). The zero-order valence-corrected chi connectivity index (χ0v) is 17.0. The van der Waals surface area contributed by atoms with Gasteiger partial charge < -0.3 is 20.5 Å². The number of ether oxygens (including phenoxy) is 2. The highest BCUT2D eigenvalue weighted by molar-refractivity contribution is 5.43. The van der Waals surface area contributed by atoms with Gasteiger partial charge in [-0.25, -0.2) is 0 Å². The minimum atomic E-state index is 0.250. The number of fused-ring (bicyclic) bond motifs is 1. The van der Waals surface area contributed by atoms with E-state index >= 15 is 0 Å². The van der Waals surface area contributed by atoms with Crippen LogP contribution in [0.3, 0.4) is 0 Å². The molecule has 1 amide bonds. The van der Waals surface area contributed by atoms with Gasteiger partial charge in [-0.05, 0) is 56.5 Å². The summed E-state index contributed by atoms with van der Waals surface area (Å²) in [6.07, 6.45) is 13.7. The smallest absolute Gasteiger partial charge is 0.204 e. The predicted octanol–water partition coefficient (Wildman–Crippen LogP) is 4.22. The van der Waals surface area contributed by atoms with Crippen molar-refractivity contribution in [2.24, 2.45) is 5.73 Å². The Labute approximate surface area is 165 Å². The third-order valence-electron chi connectivity index (χ3n) is 4.63. The van der Waals surface area contributed by atoms with Gasteiger partial charge in [-0.15, -0.1) is 0 Å². The zero-order valence-electron chi connectivity index (χ0n) is 17.0. The first-order valence-electron chi connectivity index (χ1n) is 10.6. The molecule has 0 aliphatic carbocycles. The average molecular weight is 379 g/mol. The zero-order chi connectivity index (χ0) is 19.6. The molecule has 0 atom stereocenters. The first kappa shape index (κ1) is 23.3. The van der Waals surface area contributed by atoms with Gasteiger partial charge in [0, 0.05) is 0 Å². The number of nitrogens with one attached hydrogen (secondary N) is 1. The number of hydrogen-bond donors (Lipinski definition) is 2. The van der Waals surface area contributed by atoms with Gasteiger partial charge >= 0.3 is 0 Å². The van der Waals surface area contributed by atoms with E-state index in [-0.39, 0.29) is 6.41 Å². The normalized spacial score (nSPS) is 14.4. The number of hydrogen-bond acceptors (Lipinski definition) is 4. The summed E-state index contributed by atoms with van der Waals surface area (Å²) < 4.78 is 11.1. The van der Waals surface area contributed by atoms with Crippen LogP contribution in [0.5, 0.6) is 11.5 Å². The molecule has 0 saturated carbocycles. The highest BCUT2D eigenvalue weighted by Crippen LogP contribution is 2.31. The van der Waals surface area contributed by atoms with Crippen molar-refractivity contribution < 1.29 is 14.3 Å². The van der Waals surface area contributed by atoms with Crippen LogP contribution in [-0.4, -0.2) is 32.7 Å². The Morgan fingerprint density at radius 2 is 1.56 bits per heavy atom. The van der Waals surface area contributed by atoms with Gasteiger partial charge in [0.05, 0.1) is 0 Å². The Morgan fingerprint density at radius 1 is 0.963 bits per heavy atom. The van der Waals surface area contributed by atoms with E-state index in [0.717, 1.165) is 17.9 Å². The number of nitrogens with two attached hydrogens (primary N) is 1. The molecule has 5 nitrogen and oxygen atoms in total. The van der Waals surface area contributed by atoms with Crippen LogP contribution in [0.15, 0.2) is 18.2 Å². The third-order valence-corrected chi connectivity index (χ3v) is 4.63. The van der Waals surface area contributed by atoms with E-state index in [9.17, 15) is 0 Å². The van der Waals surface area contributed by atoms with Crippen LogP contribution in [0.1, 0.15) is 70.3 Å². The second kappa shape index (κ2) is 16.4. The molecule has 0 unspecified atom stereocenters. The molecule has 1 fully saturated rings. The fourth-order valence-electron chi connectivity index (χ4n) is 3.15. The van der Waals surface area contributed by atoms with E-state index < -0.39 is 0 Å². The molecular formula is C22H38N2O3. The van der Waals surface area contributed by atoms with Gasteiger partial charge in [0.25, 0.3) is 0 Å². The predicted molar refractivity (Wildman–Crippen MR) is 111 cm³/mol. The molecular weight excluding hydrogens is 340 g/mol. The van der Waals surface area contributed by atoms with E-state index in [4.69, 9.17) is 14.3 Å². The lowest BCUT2D eigenvalue weighted by Crippen LogP contribution is -2.15. The summed E-state index contributed by atoms with van der Waals surface area (Å²) in [5.74, 6) is 1.82. The molecule has 0 radical (unpaired) electrons. The molecule has 154 valence electrons. The number of unbranched alkanes of at least 4 members (excludes halogenated alkanes) is 6. The summed E-state index contributed by atoms with van der Waals surface area (Å²) in [6.45, 7) is 6.11. The molecule has 0 aromatic heterocycles. The van der Waals surface area contributed by atoms with Crippen molar-refractivity contribution >= 4 is 6.41 Å². The van der Waals surface area contributed by atoms with E-state index in [1.807, 2.05) is 6.07 Å². The van der Waals surface area contributed by atoms with Crippen molar-refractivity contribution in [2.45, 2.75) is 71.1 Å². The van der Waals surface area contributed by atoms with E-state index in [2.05, 4.69) is 30.1 Å². The van der Waals surface area contributed by atoms with Crippen molar-refractivity contribution in [3.8, 4) is 11.5 Å². The Kier molecular flexibility index (Phi) is 14.2. The second-order valence-corrected chi connectivity index (χ2v) is 6.94. The standard InChI is InChI=1S/C17H26O2.C4H9N.CH3NO/c1-2-3-4-5-6-7-8-9-15-10-11-16-17(14-15)19-13-12-18-16;1-2-4-5-3-1;2-1-3/h10-11,14H,2-9,12-13H2,1H3;5H,1-4H2;1H,(H2,2,3). The van der Waals surface area contributed by atoms with Gasteiger partial charge in [-0.3, -0.25) is 4.79 Å². The summed E-state index contributed by atoms with van der Waals surface area (Å²) >= 11 is 0. The number of benzene rings is 1. The van der Waals surface area contributed by atoms with Crippen LogP contribution in [0.25, 0.3) is 0 Å². The van der Waals surface area contributed by atoms with Gasteiger partial charge in [-0.2, -0.15) is 0 Å². The third kappa shape index (κ3) is 11.5. The molecule has 2 aliphatic rings. The average Bonchev–Trinajstić information content (AvgIpc) is 3.28. The molecule has 1 aromatic carbocycles. The van der Waals surface area contributed by atoms with E-state index in [0.29, 0.717) is 13.2 Å². The maximum Gasteiger partial charge on any atom is 0.204 e. The number of aryl methyl sites for hydroxylation is 1. The van der Waals surface area contributed by atoms with Crippen molar-refractivity contribution in [3.63, 3.8) is 0 Å². The van der Waals surface area contributed by atoms with Gasteiger partial charge in [0.1, 0.15) is 13.2 Å². The summed E-state index contributed by atoms with van der Waals surface area (Å²) in [6, 6.07) is 6.36. The van der Waals surface area contributed by atoms with Gasteiger partial charge in [0.15, 0.2) is 11.5 Å². The Balaban J connectivity index is 0.000000379. The lowest BCUT2D eigenvalue weighted by Gasteiger charge is -2.18. The summed E-state index contributed by atoms with van der Waals surface area (Å²) in [5, 5.41) is 3.22. The topological polar surface area (TPSA) is 73.6 Å². The molecule has 27 heavy (non-hydrogen) atoms. The highest BCUT2D eigenvalue weighted by Gasteiger charge is 2.11.